The first-order valence-electron chi connectivity index (χ1n) is 2.04. The first-order chi connectivity index (χ1) is 8.00. The van der Waals surface area contributed by atoms with Crippen LogP contribution in [0.5, 0.6) is 0 Å². The third-order valence-corrected chi connectivity index (χ3v) is 0. The van der Waals surface area contributed by atoms with Gasteiger partial charge in [0.2, 0.25) is 0 Å². The van der Waals surface area contributed by atoms with Crippen LogP contribution in [0, 0.1) is 71.0 Å². The van der Waals surface area contributed by atoms with Crippen molar-refractivity contribution in [1.29, 1.82) is 31.6 Å². The summed E-state index contributed by atoms with van der Waals surface area (Å²) in [6, 6.07) is 0. The smallest absolute Gasteiger partial charge is 1.00 e. The Hall–Kier alpha value is -0.671. The van der Waals surface area contributed by atoms with Crippen LogP contribution >= 0.6 is 0 Å². The molecule has 2 N–H and O–H groups in total. The van der Waals surface area contributed by atoms with Gasteiger partial charge in [0.1, 0.15) is 0 Å². The minimum absolute atomic E-state index is 0. The minimum Gasteiger partial charge on any atom is -1.00 e. The van der Waals surface area contributed by atoms with Crippen LogP contribution in [0.4, 0.5) is 0 Å². The van der Waals surface area contributed by atoms with Crippen molar-refractivity contribution in [3.05, 3.63) is 39.4 Å². The van der Waals surface area contributed by atoms with Crippen molar-refractivity contribution in [1.82, 2.24) is 0 Å². The fourth-order valence-corrected chi connectivity index (χ4v) is 0. The molecule has 0 heterocycles. The van der Waals surface area contributed by atoms with E-state index in [4.69, 9.17) is 88.5 Å². The molecule has 0 saturated carbocycles. The van der Waals surface area contributed by atoms with Gasteiger partial charge < -0.3 is 73.9 Å². The molecule has 0 bridgehead atoms. The molecule has 0 aliphatic rings. The van der Waals surface area contributed by atoms with Crippen LogP contribution in [-0.4, -0.2) is 17.5 Å². The van der Waals surface area contributed by atoms with Crippen LogP contribution in [0.25, 0.3) is 0 Å². The monoisotopic (exact) mass is 358 g/mol. The van der Waals surface area contributed by atoms with E-state index in [0.29, 0.717) is 0 Å². The molecule has 98 valence electrons. The zero-order valence-electron chi connectivity index (χ0n) is 12.2. The normalized spacial score (nSPS) is 3.50. The summed E-state index contributed by atoms with van der Waals surface area (Å²) < 4.78 is 31.6. The molecule has 0 saturated heterocycles. The third-order valence-electron chi connectivity index (χ3n) is 0. The van der Waals surface area contributed by atoms with Crippen molar-refractivity contribution in [2.75, 3.05) is 0 Å². The van der Waals surface area contributed by atoms with E-state index in [-0.39, 0.29) is 79.0 Å². The Morgan fingerprint density at radius 1 is 0.600 bits per heavy atom. The maximum atomic E-state index is 8.74. The van der Waals surface area contributed by atoms with Crippen molar-refractivity contribution >= 4 is 10.4 Å². The molecule has 0 rings (SSSR count). The van der Waals surface area contributed by atoms with Gasteiger partial charge in [-0.3, -0.25) is 9.11 Å². The Bertz CT molecular complexity index is 279. The van der Waals surface area contributed by atoms with Crippen molar-refractivity contribution in [2.45, 2.75) is 0 Å². The van der Waals surface area contributed by atoms with Crippen LogP contribution in [-0.2, 0) is 27.5 Å². The first-order valence-corrected chi connectivity index (χ1v) is 3.44. The second-order valence-corrected chi connectivity index (χ2v) is 1.34. The van der Waals surface area contributed by atoms with Crippen LogP contribution in [0.1, 0.15) is 2.85 Å². The molecule has 0 aliphatic heterocycles. The fourth-order valence-electron chi connectivity index (χ4n) is 0. The van der Waals surface area contributed by atoms with Crippen LogP contribution < -0.4 is 59.1 Å². The Morgan fingerprint density at radius 2 is 0.600 bits per heavy atom. The predicted octanol–water partition coefficient (Wildman–Crippen LogP) is -5.84. The molecule has 0 aliphatic carbocycles. The molecule has 0 atom stereocenters. The molecular formula is C6H4FeN6Na2O4S. The molecule has 0 amide bonds. The van der Waals surface area contributed by atoms with Crippen molar-refractivity contribution in [2.24, 2.45) is 0 Å². The van der Waals surface area contributed by atoms with Gasteiger partial charge in [-0.1, -0.05) is 0 Å². The molecule has 0 spiro atoms. The second kappa shape index (κ2) is 194. The van der Waals surface area contributed by atoms with E-state index in [0.717, 1.165) is 0 Å². The number of hydrogen-bond acceptors (Lipinski definition) is 8. The average Bonchev–Trinajstić information content (AvgIpc) is 2.41. The number of hydrogen-bond donors (Lipinski definition) is 2. The quantitative estimate of drug-likeness (QED) is 0.237. The molecule has 0 fully saturated rings. The average molecular weight is 358 g/mol. The van der Waals surface area contributed by atoms with Gasteiger partial charge in [-0.15, -0.1) is 0 Å². The summed E-state index contributed by atoms with van der Waals surface area (Å²) in [6.07, 6.45) is 0. The summed E-state index contributed by atoms with van der Waals surface area (Å²) in [6.45, 7) is 28.5. The maximum Gasteiger partial charge on any atom is 6.00 e. The Labute approximate surface area is 176 Å². The Morgan fingerprint density at radius 3 is 0.600 bits per heavy atom. The molecule has 0 aromatic carbocycles. The Balaban J connectivity index is -0.00000000535. The largest absolute Gasteiger partial charge is 6.00 e. The standard InChI is InChI=1S/6CN.Fe.2Na.H2O4S.2H/c6*1-2;;;;1-5(2,3)4;;/h;;;;;;;;;(H2,1,2,3,4);;/q6*-1;+6;2*+1;;2*-1. The zero-order valence-corrected chi connectivity index (χ0v) is 16.1. The van der Waals surface area contributed by atoms with Crippen molar-refractivity contribution in [3.8, 4) is 0 Å². The third kappa shape index (κ3) is 10300. The van der Waals surface area contributed by atoms with Crippen LogP contribution in [0.2, 0.25) is 0 Å². The summed E-state index contributed by atoms with van der Waals surface area (Å²) in [7, 11) is -4.67. The zero-order chi connectivity index (χ0) is 16.5. The molecule has 0 radical (unpaired) electrons. The van der Waals surface area contributed by atoms with Gasteiger partial charge >= 0.3 is 86.6 Å². The van der Waals surface area contributed by atoms with Gasteiger partial charge in [0, 0.05) is 0 Å². The van der Waals surface area contributed by atoms with Gasteiger partial charge in [-0.2, -0.15) is 8.42 Å². The van der Waals surface area contributed by atoms with Crippen LogP contribution in [0.15, 0.2) is 0 Å². The van der Waals surface area contributed by atoms with Gasteiger partial charge in [0.15, 0.2) is 0 Å². The van der Waals surface area contributed by atoms with E-state index in [1.54, 1.807) is 0 Å². The van der Waals surface area contributed by atoms with Crippen molar-refractivity contribution < 1.29 is 96.6 Å². The van der Waals surface area contributed by atoms with E-state index < -0.39 is 10.4 Å². The summed E-state index contributed by atoms with van der Waals surface area (Å²) in [4.78, 5) is 0. The summed E-state index contributed by atoms with van der Waals surface area (Å²) in [5, 5.41) is 37.5. The molecule has 0 aromatic heterocycles. The maximum absolute atomic E-state index is 8.74. The minimum atomic E-state index is -4.67. The topological polar surface area (TPSA) is 217 Å². The van der Waals surface area contributed by atoms with E-state index in [2.05, 4.69) is 0 Å². The summed E-state index contributed by atoms with van der Waals surface area (Å²) in [5.41, 5.74) is 0. The SMILES string of the molecule is O=S(=O)(O)O.[C-]#N.[C-]#N.[C-]#N.[C-]#N.[C-]#N.[C-]#N.[Fe+6].[H-].[H-].[Na+].[Na+]. The van der Waals surface area contributed by atoms with Gasteiger partial charge in [0.25, 0.3) is 0 Å². The van der Waals surface area contributed by atoms with E-state index in [1.165, 1.54) is 0 Å². The molecule has 0 unspecified atom stereocenters. The molecule has 10 nitrogen and oxygen atoms in total. The Kier molecular flexibility index (Phi) is 723. The molecule has 20 heavy (non-hydrogen) atoms. The molecule has 0 aromatic rings. The first kappa shape index (κ1) is 74.6. The predicted molar refractivity (Wildman–Crippen MR) is 46.2 cm³/mol. The van der Waals surface area contributed by atoms with Gasteiger partial charge in [-0.05, 0) is 0 Å². The van der Waals surface area contributed by atoms with E-state index in [1.807, 2.05) is 0 Å². The number of nitrogens with zero attached hydrogens (tertiary/aromatic N) is 6. The van der Waals surface area contributed by atoms with E-state index >= 15 is 0 Å². The second-order valence-electron chi connectivity index (χ2n) is 0.448. The van der Waals surface area contributed by atoms with Gasteiger partial charge in [0.05, 0.1) is 0 Å². The summed E-state index contributed by atoms with van der Waals surface area (Å²) >= 11 is 0. The van der Waals surface area contributed by atoms with Gasteiger partial charge in [-0.25, -0.2) is 0 Å². The fraction of sp³-hybridized carbons (Fsp3) is 0. The summed E-state index contributed by atoms with van der Waals surface area (Å²) in [5.74, 6) is 0. The molecule has 14 heteroatoms. The number of rotatable bonds is 0. The molecular weight excluding hydrogens is 354 g/mol. The van der Waals surface area contributed by atoms with Crippen LogP contribution in [0.3, 0.4) is 0 Å². The van der Waals surface area contributed by atoms with Crippen molar-refractivity contribution in [3.63, 3.8) is 0 Å². The van der Waals surface area contributed by atoms with E-state index in [9.17, 15) is 0 Å².